The zero-order valence-corrected chi connectivity index (χ0v) is 25.6. The average Bonchev–Trinajstić information content (AvgIpc) is 3.59. The van der Waals surface area contributed by atoms with Gasteiger partial charge < -0.3 is 20.7 Å². The number of hydrogen-bond acceptors (Lipinski definition) is 7. The number of carbonyl (C=O) groups is 4. The molecule has 2 aliphatic carbocycles. The minimum absolute atomic E-state index is 0.00578. The molecule has 13 heteroatoms. The molecule has 1 aromatic carbocycles. The van der Waals surface area contributed by atoms with Crippen LogP contribution in [0.3, 0.4) is 0 Å². The van der Waals surface area contributed by atoms with Gasteiger partial charge in [0.1, 0.15) is 18.2 Å². The Morgan fingerprint density at radius 1 is 1.05 bits per heavy atom. The fourth-order valence-electron chi connectivity index (χ4n) is 5.71. The molecule has 1 heterocycles. The summed E-state index contributed by atoms with van der Waals surface area (Å²) in [7, 11) is -3.86. The Bertz CT molecular complexity index is 1270. The molecule has 0 spiro atoms. The van der Waals surface area contributed by atoms with E-state index in [0.29, 0.717) is 43.7 Å². The van der Waals surface area contributed by atoms with Crippen molar-refractivity contribution < 1.29 is 32.3 Å². The Balaban J connectivity index is 1.40. The Labute approximate surface area is 252 Å². The first-order chi connectivity index (χ1) is 19.9. The first-order valence-corrected chi connectivity index (χ1v) is 16.7. The fraction of sp³-hybridized carbons (Fsp3) is 0.655. The molecule has 4 rings (SSSR count). The third-order valence-corrected chi connectivity index (χ3v) is 10.1. The van der Waals surface area contributed by atoms with Crippen LogP contribution in [0.4, 0.5) is 4.79 Å². The van der Waals surface area contributed by atoms with Crippen LogP contribution in [0.1, 0.15) is 70.8 Å². The van der Waals surface area contributed by atoms with E-state index in [4.69, 9.17) is 16.3 Å². The molecular formula is C29H41ClN4O7S. The van der Waals surface area contributed by atoms with E-state index in [1.54, 1.807) is 0 Å². The molecule has 42 heavy (non-hydrogen) atoms. The summed E-state index contributed by atoms with van der Waals surface area (Å²) in [5.41, 5.74) is 1.06. The van der Waals surface area contributed by atoms with E-state index in [1.807, 2.05) is 38.1 Å². The molecule has 4 N–H and O–H groups in total. The third-order valence-electron chi connectivity index (χ3n) is 8.07. The highest BCUT2D eigenvalue weighted by Gasteiger charge is 2.40. The molecule has 0 aromatic heterocycles. The number of nitrogens with one attached hydrogen (secondary N) is 4. The van der Waals surface area contributed by atoms with Crippen LogP contribution in [0.5, 0.6) is 0 Å². The normalized spacial score (nSPS) is 23.6. The van der Waals surface area contributed by atoms with E-state index in [2.05, 4.69) is 20.7 Å². The number of rotatable bonds is 13. The number of ether oxygens (including phenoxy) is 1. The minimum Gasteiger partial charge on any atom is -0.446 e. The van der Waals surface area contributed by atoms with Gasteiger partial charge in [-0.05, 0) is 81.4 Å². The van der Waals surface area contributed by atoms with Gasteiger partial charge in [0, 0.05) is 23.4 Å². The van der Waals surface area contributed by atoms with Gasteiger partial charge in [0.05, 0.1) is 5.25 Å². The number of alkyl carbamates (subject to hydrolysis) is 1. The topological polar surface area (TPSA) is 160 Å². The van der Waals surface area contributed by atoms with Gasteiger partial charge in [-0.2, -0.15) is 0 Å². The molecule has 1 aromatic rings. The maximum atomic E-state index is 13.4. The monoisotopic (exact) mass is 624 g/mol. The van der Waals surface area contributed by atoms with Crippen molar-refractivity contribution in [3.05, 3.63) is 34.9 Å². The lowest BCUT2D eigenvalue weighted by atomic mass is 9.96. The Kier molecular flexibility index (Phi) is 10.7. The molecule has 5 atom stereocenters. The molecule has 2 saturated carbocycles. The van der Waals surface area contributed by atoms with E-state index in [9.17, 15) is 27.6 Å². The van der Waals surface area contributed by atoms with Crippen molar-refractivity contribution in [2.24, 2.45) is 17.8 Å². The van der Waals surface area contributed by atoms with Gasteiger partial charge in [0.25, 0.3) is 5.91 Å². The third kappa shape index (κ3) is 9.07. The Morgan fingerprint density at radius 2 is 1.81 bits per heavy atom. The van der Waals surface area contributed by atoms with Crippen LogP contribution in [0.15, 0.2) is 24.3 Å². The zero-order valence-electron chi connectivity index (χ0n) is 24.1. The van der Waals surface area contributed by atoms with Crippen molar-refractivity contribution >= 4 is 45.4 Å². The summed E-state index contributed by atoms with van der Waals surface area (Å²) in [6.45, 7) is 4.22. The first kappa shape index (κ1) is 32.1. The molecule has 4 amide bonds. The predicted molar refractivity (Wildman–Crippen MR) is 157 cm³/mol. The largest absolute Gasteiger partial charge is 0.446 e. The van der Waals surface area contributed by atoms with Crippen molar-refractivity contribution in [2.75, 3.05) is 6.54 Å². The summed E-state index contributed by atoms with van der Waals surface area (Å²) in [6.07, 6.45) is 3.78. The number of amides is 4. The van der Waals surface area contributed by atoms with Crippen molar-refractivity contribution in [1.82, 2.24) is 20.7 Å². The fourth-order valence-corrected chi connectivity index (χ4v) is 7.27. The Hall–Kier alpha value is -2.86. The smallest absolute Gasteiger partial charge is 0.408 e. The summed E-state index contributed by atoms with van der Waals surface area (Å²) < 4.78 is 32.7. The second-order valence-corrected chi connectivity index (χ2v) is 14.5. The lowest BCUT2D eigenvalue weighted by Gasteiger charge is -2.26. The van der Waals surface area contributed by atoms with Crippen LogP contribution in [0.2, 0.25) is 5.02 Å². The van der Waals surface area contributed by atoms with E-state index < -0.39 is 51.2 Å². The number of benzene rings is 1. The molecule has 0 bridgehead atoms. The first-order valence-electron chi connectivity index (χ1n) is 14.8. The van der Waals surface area contributed by atoms with Gasteiger partial charge in [0.15, 0.2) is 0 Å². The van der Waals surface area contributed by atoms with Crippen molar-refractivity contribution in [3.63, 3.8) is 0 Å². The summed E-state index contributed by atoms with van der Waals surface area (Å²) in [5, 5.41) is 8.00. The zero-order chi connectivity index (χ0) is 30.4. The summed E-state index contributed by atoms with van der Waals surface area (Å²) >= 11 is 6.13. The molecule has 1 aliphatic heterocycles. The number of sulfonamides is 1. The molecular weight excluding hydrogens is 584 g/mol. The van der Waals surface area contributed by atoms with Crippen LogP contribution in [-0.2, 0) is 35.6 Å². The van der Waals surface area contributed by atoms with Gasteiger partial charge in [-0.1, -0.05) is 37.6 Å². The van der Waals surface area contributed by atoms with Crippen molar-refractivity contribution in [1.29, 1.82) is 0 Å². The molecule has 3 fully saturated rings. The van der Waals surface area contributed by atoms with Crippen LogP contribution < -0.4 is 20.7 Å². The summed E-state index contributed by atoms with van der Waals surface area (Å²) in [6, 6.07) is 5.28. The van der Waals surface area contributed by atoms with Crippen LogP contribution in [0, 0.1) is 17.8 Å². The van der Waals surface area contributed by atoms with Crippen LogP contribution in [0.25, 0.3) is 0 Å². The SMILES string of the molecule is CC(C)CC(NC(=O)OC1CCCC1Cc1cccc(Cl)c1)C(=O)NC(CC1CCNC1=O)C(=O)NS(=O)(=O)C1CC1. The Morgan fingerprint density at radius 3 is 2.45 bits per heavy atom. The molecule has 232 valence electrons. The number of halogens is 1. The minimum atomic E-state index is -3.86. The number of hydrogen-bond donors (Lipinski definition) is 4. The molecule has 1 saturated heterocycles. The lowest BCUT2D eigenvalue weighted by molar-refractivity contribution is -0.130. The molecule has 3 aliphatic rings. The van der Waals surface area contributed by atoms with Gasteiger partial charge in [-0.3, -0.25) is 19.1 Å². The highest BCUT2D eigenvalue weighted by atomic mass is 35.5. The van der Waals surface area contributed by atoms with Gasteiger partial charge >= 0.3 is 6.09 Å². The summed E-state index contributed by atoms with van der Waals surface area (Å²) in [4.78, 5) is 51.7. The maximum Gasteiger partial charge on any atom is 0.408 e. The van der Waals surface area contributed by atoms with Gasteiger partial charge in [-0.25, -0.2) is 13.2 Å². The van der Waals surface area contributed by atoms with Gasteiger partial charge in [-0.15, -0.1) is 0 Å². The quantitative estimate of drug-likeness (QED) is 0.262. The summed E-state index contributed by atoms with van der Waals surface area (Å²) in [5.74, 6) is -2.22. The molecule has 0 radical (unpaired) electrons. The molecule has 5 unspecified atom stereocenters. The van der Waals surface area contributed by atoms with E-state index >= 15 is 0 Å². The van der Waals surface area contributed by atoms with E-state index in [0.717, 1.165) is 18.4 Å². The highest BCUT2D eigenvalue weighted by Crippen LogP contribution is 2.32. The molecule has 11 nitrogen and oxygen atoms in total. The highest BCUT2D eigenvalue weighted by molar-refractivity contribution is 7.90. The van der Waals surface area contributed by atoms with E-state index in [-0.39, 0.29) is 36.7 Å². The standard InChI is InChI=1S/C29H41ClN4O7S/c1-17(2)13-23(33-29(38)41-25-8-4-6-19(25)14-18-5-3-7-21(30)15-18)27(36)32-24(16-20-11-12-31-26(20)35)28(37)34-42(39,40)22-9-10-22/h3,5,7,15,17,19-20,22-25H,4,6,8-14,16H2,1-2H3,(H,31,35)(H,32,36)(H,33,38)(H,34,37). The second kappa shape index (κ2) is 14.1. The maximum absolute atomic E-state index is 13.4. The average molecular weight is 625 g/mol. The van der Waals surface area contributed by atoms with Gasteiger partial charge in [0.2, 0.25) is 21.8 Å². The second-order valence-electron chi connectivity index (χ2n) is 12.1. The van der Waals surface area contributed by atoms with Crippen molar-refractivity contribution in [3.8, 4) is 0 Å². The van der Waals surface area contributed by atoms with Crippen LogP contribution >= 0.6 is 11.6 Å². The van der Waals surface area contributed by atoms with E-state index in [1.165, 1.54) is 0 Å². The number of carbonyl (C=O) groups excluding carboxylic acids is 4. The van der Waals surface area contributed by atoms with Crippen molar-refractivity contribution in [2.45, 2.75) is 95.1 Å². The van der Waals surface area contributed by atoms with Crippen LogP contribution in [-0.4, -0.2) is 62.2 Å². The predicted octanol–water partition coefficient (Wildman–Crippen LogP) is 2.81. The lowest BCUT2D eigenvalue weighted by Crippen LogP contribution is -2.55.